The molecule has 0 radical (unpaired) electrons. The average molecular weight is 401 g/mol. The number of guanidine groups is 1. The van der Waals surface area contributed by atoms with Crippen LogP contribution in [0.2, 0.25) is 0 Å². The summed E-state index contributed by atoms with van der Waals surface area (Å²) < 4.78 is 28.6. The Morgan fingerprint density at radius 1 is 1.17 bits per heavy atom. The number of benzene rings is 1. The minimum atomic E-state index is -1.33. The summed E-state index contributed by atoms with van der Waals surface area (Å²) in [6.45, 7) is 4.90. The van der Waals surface area contributed by atoms with Gasteiger partial charge >= 0.3 is 0 Å². The van der Waals surface area contributed by atoms with Gasteiger partial charge in [-0.2, -0.15) is 0 Å². The summed E-state index contributed by atoms with van der Waals surface area (Å²) in [4.78, 5) is 34.4. The molecule has 2 heterocycles. The van der Waals surface area contributed by atoms with E-state index in [1.54, 1.807) is 20.8 Å². The molecule has 9 heteroatoms. The van der Waals surface area contributed by atoms with E-state index in [9.17, 15) is 18.4 Å². The monoisotopic (exact) mass is 401 g/mol. The summed E-state index contributed by atoms with van der Waals surface area (Å²) in [5.74, 6) is -2.54. The molecule has 29 heavy (non-hydrogen) atoms. The molecule has 3 rings (SSSR count). The normalized spacial score (nSPS) is 21.0. The van der Waals surface area contributed by atoms with E-state index in [0.717, 1.165) is 12.1 Å². The van der Waals surface area contributed by atoms with Crippen molar-refractivity contribution in [1.29, 1.82) is 0 Å². The van der Waals surface area contributed by atoms with Gasteiger partial charge in [0.15, 0.2) is 17.5 Å². The lowest BCUT2D eigenvalue weighted by Crippen LogP contribution is -2.58. The van der Waals surface area contributed by atoms with Crippen molar-refractivity contribution in [2.45, 2.75) is 26.3 Å². The summed E-state index contributed by atoms with van der Waals surface area (Å²) in [6, 6.07) is 6.33. The van der Waals surface area contributed by atoms with Crippen molar-refractivity contribution >= 4 is 23.5 Å². The molecule has 0 spiro atoms. The number of hydrogen-bond donors (Lipinski definition) is 2. The largest absolute Gasteiger partial charge is 0.369 e. The fourth-order valence-electron chi connectivity index (χ4n) is 3.29. The van der Waals surface area contributed by atoms with E-state index < -0.39 is 28.5 Å². The molecule has 0 saturated carbocycles. The standard InChI is InChI=1S/C20H21F2N5O2/c1-19(2)17(29)27(4)18(23)26-20(19,3)12-10-11(7-8-13(12)21)25-16(28)15-14(22)6-5-9-24-15/h5-10H,1-4H3,(H2,23,26)(H,25,28). The first-order chi connectivity index (χ1) is 13.5. The zero-order valence-electron chi connectivity index (χ0n) is 16.5. The number of hydrogen-bond acceptors (Lipinski definition) is 5. The van der Waals surface area contributed by atoms with E-state index in [-0.39, 0.29) is 28.8 Å². The number of rotatable bonds is 3. The zero-order valence-corrected chi connectivity index (χ0v) is 16.5. The van der Waals surface area contributed by atoms with Crippen molar-refractivity contribution in [2.24, 2.45) is 16.1 Å². The van der Waals surface area contributed by atoms with Gasteiger partial charge in [0, 0.05) is 24.5 Å². The second kappa shape index (κ2) is 6.91. The van der Waals surface area contributed by atoms with Crippen LogP contribution >= 0.6 is 0 Å². The second-order valence-electron chi connectivity index (χ2n) is 7.51. The molecule has 0 saturated heterocycles. The fraction of sp³-hybridized carbons (Fsp3) is 0.300. The third-order valence-electron chi connectivity index (χ3n) is 5.46. The summed E-state index contributed by atoms with van der Waals surface area (Å²) in [5.41, 5.74) is 3.31. The molecule has 152 valence electrons. The van der Waals surface area contributed by atoms with Gasteiger partial charge in [0.1, 0.15) is 11.4 Å². The molecule has 1 atom stereocenters. The van der Waals surface area contributed by atoms with E-state index in [0.29, 0.717) is 0 Å². The number of carbonyl (C=O) groups is 2. The summed E-state index contributed by atoms with van der Waals surface area (Å²) in [6.07, 6.45) is 1.29. The Hall–Kier alpha value is -3.36. The highest BCUT2D eigenvalue weighted by Crippen LogP contribution is 2.47. The van der Waals surface area contributed by atoms with E-state index in [1.807, 2.05) is 0 Å². The van der Waals surface area contributed by atoms with Gasteiger partial charge < -0.3 is 11.1 Å². The number of pyridine rings is 1. The van der Waals surface area contributed by atoms with Gasteiger partial charge in [0.05, 0.1) is 5.41 Å². The maximum absolute atomic E-state index is 14.8. The maximum atomic E-state index is 14.8. The Labute approximate surface area is 166 Å². The Balaban J connectivity index is 2.05. The minimum Gasteiger partial charge on any atom is -0.369 e. The van der Waals surface area contributed by atoms with Crippen LogP contribution in [-0.4, -0.2) is 34.7 Å². The van der Waals surface area contributed by atoms with Crippen molar-refractivity contribution in [1.82, 2.24) is 9.88 Å². The zero-order chi connectivity index (χ0) is 21.6. The lowest BCUT2D eigenvalue weighted by atomic mass is 9.67. The second-order valence-corrected chi connectivity index (χ2v) is 7.51. The molecule has 1 aliphatic rings. The fourth-order valence-corrected chi connectivity index (χ4v) is 3.29. The predicted octanol–water partition coefficient (Wildman–Crippen LogP) is 2.64. The number of anilines is 1. The minimum absolute atomic E-state index is 0.0405. The Bertz CT molecular complexity index is 1040. The molecular weight excluding hydrogens is 380 g/mol. The van der Waals surface area contributed by atoms with Gasteiger partial charge in [0.2, 0.25) is 5.91 Å². The van der Waals surface area contributed by atoms with Crippen LogP contribution in [0.3, 0.4) is 0 Å². The molecule has 0 bridgehead atoms. The van der Waals surface area contributed by atoms with E-state index in [2.05, 4.69) is 15.3 Å². The summed E-state index contributed by atoms with van der Waals surface area (Å²) in [5, 5.41) is 2.50. The molecule has 3 N–H and O–H groups in total. The average Bonchev–Trinajstić information content (AvgIpc) is 2.67. The number of amides is 2. The van der Waals surface area contributed by atoms with Crippen LogP contribution in [0.15, 0.2) is 41.5 Å². The van der Waals surface area contributed by atoms with Gasteiger partial charge in [-0.3, -0.25) is 14.5 Å². The van der Waals surface area contributed by atoms with E-state index >= 15 is 0 Å². The molecule has 1 aliphatic heterocycles. The van der Waals surface area contributed by atoms with Crippen molar-refractivity contribution in [3.8, 4) is 0 Å². The molecular formula is C20H21F2N5O2. The molecule has 7 nitrogen and oxygen atoms in total. The number of carbonyl (C=O) groups excluding carboxylic acids is 2. The summed E-state index contributed by atoms with van der Waals surface area (Å²) >= 11 is 0. The Morgan fingerprint density at radius 2 is 1.86 bits per heavy atom. The SMILES string of the molecule is CN1C(=O)C(C)(C)C(C)(c2cc(NC(=O)c3ncccc3F)ccc2F)N=C1N. The number of nitrogens with two attached hydrogens (primary N) is 1. The highest BCUT2D eigenvalue weighted by Gasteiger charge is 2.53. The van der Waals surface area contributed by atoms with Crippen LogP contribution < -0.4 is 11.1 Å². The molecule has 2 aromatic rings. The van der Waals surface area contributed by atoms with Gasteiger partial charge in [-0.25, -0.2) is 18.8 Å². The van der Waals surface area contributed by atoms with Crippen molar-refractivity contribution in [3.63, 3.8) is 0 Å². The van der Waals surface area contributed by atoms with Gasteiger partial charge in [-0.05, 0) is 51.1 Å². The third-order valence-corrected chi connectivity index (χ3v) is 5.46. The highest BCUT2D eigenvalue weighted by atomic mass is 19.1. The first kappa shape index (κ1) is 20.4. The molecule has 1 aromatic carbocycles. The molecule has 2 amide bonds. The molecule has 0 fully saturated rings. The van der Waals surface area contributed by atoms with Crippen LogP contribution in [-0.2, 0) is 10.3 Å². The number of halogens is 2. The maximum Gasteiger partial charge on any atom is 0.277 e. The highest BCUT2D eigenvalue weighted by molar-refractivity contribution is 6.03. The first-order valence-corrected chi connectivity index (χ1v) is 8.84. The lowest BCUT2D eigenvalue weighted by molar-refractivity contribution is -0.140. The summed E-state index contributed by atoms with van der Waals surface area (Å²) in [7, 11) is 1.50. The quantitative estimate of drug-likeness (QED) is 0.826. The number of nitrogens with one attached hydrogen (secondary N) is 1. The molecule has 1 unspecified atom stereocenters. The topological polar surface area (TPSA) is 101 Å². The van der Waals surface area contributed by atoms with Crippen LogP contribution in [0, 0.1) is 17.0 Å². The van der Waals surface area contributed by atoms with Crippen LogP contribution in [0.1, 0.15) is 36.8 Å². The van der Waals surface area contributed by atoms with Crippen molar-refractivity contribution < 1.29 is 18.4 Å². The van der Waals surface area contributed by atoms with E-state index in [1.165, 1.54) is 36.3 Å². The lowest BCUT2D eigenvalue weighted by Gasteiger charge is -2.46. The number of aromatic nitrogens is 1. The third kappa shape index (κ3) is 3.22. The number of nitrogens with zero attached hydrogens (tertiary/aromatic N) is 3. The van der Waals surface area contributed by atoms with Crippen LogP contribution in [0.4, 0.5) is 14.5 Å². The van der Waals surface area contributed by atoms with Gasteiger partial charge in [0.25, 0.3) is 5.91 Å². The molecule has 1 aromatic heterocycles. The van der Waals surface area contributed by atoms with Gasteiger partial charge in [-0.15, -0.1) is 0 Å². The first-order valence-electron chi connectivity index (χ1n) is 8.84. The molecule has 0 aliphatic carbocycles. The van der Waals surface area contributed by atoms with Crippen molar-refractivity contribution in [2.75, 3.05) is 12.4 Å². The van der Waals surface area contributed by atoms with Crippen molar-refractivity contribution in [3.05, 3.63) is 59.4 Å². The van der Waals surface area contributed by atoms with Crippen LogP contribution in [0.25, 0.3) is 0 Å². The van der Waals surface area contributed by atoms with Gasteiger partial charge in [-0.1, -0.05) is 0 Å². The smallest absolute Gasteiger partial charge is 0.277 e. The number of aliphatic imine (C=N–C) groups is 1. The predicted molar refractivity (Wildman–Crippen MR) is 104 cm³/mol. The van der Waals surface area contributed by atoms with E-state index in [4.69, 9.17) is 5.73 Å². The Morgan fingerprint density at radius 3 is 2.52 bits per heavy atom. The Kier molecular flexibility index (Phi) is 4.86. The van der Waals surface area contributed by atoms with Crippen LogP contribution in [0.5, 0.6) is 0 Å².